The highest BCUT2D eigenvalue weighted by Crippen LogP contribution is 2.39. The molecule has 0 aromatic heterocycles. The normalized spacial score (nSPS) is 26.0. The molecule has 2 rings (SSSR count). The lowest BCUT2D eigenvalue weighted by molar-refractivity contribution is 0.546. The van der Waals surface area contributed by atoms with E-state index >= 15 is 0 Å². The molecule has 1 nitrogen and oxygen atoms in total. The number of benzene rings is 1. The first-order chi connectivity index (χ1) is 8.63. The van der Waals surface area contributed by atoms with Gasteiger partial charge in [0.25, 0.3) is 0 Å². The zero-order valence-electron chi connectivity index (χ0n) is 10.2. The van der Waals surface area contributed by atoms with Gasteiger partial charge in [-0.1, -0.05) is 6.92 Å². The zero-order chi connectivity index (χ0) is 13.1. The van der Waals surface area contributed by atoms with Gasteiger partial charge in [-0.05, 0) is 24.6 Å². The topological polar surface area (TPSA) is 26.0 Å². The largest absolute Gasteiger partial charge is 0.323 e. The van der Waals surface area contributed by atoms with Crippen molar-refractivity contribution in [3.63, 3.8) is 0 Å². The minimum atomic E-state index is -0.441. The van der Waals surface area contributed by atoms with E-state index in [-0.39, 0.29) is 5.25 Å². The highest BCUT2D eigenvalue weighted by Gasteiger charge is 2.32. The summed E-state index contributed by atoms with van der Waals surface area (Å²) >= 11 is 3.67. The maximum atomic E-state index is 13.7. The third kappa shape index (κ3) is 3.00. The molecule has 18 heavy (non-hydrogen) atoms. The van der Waals surface area contributed by atoms with Gasteiger partial charge >= 0.3 is 0 Å². The Bertz CT molecular complexity index is 414. The smallest absolute Gasteiger partial charge is 0.128 e. The van der Waals surface area contributed by atoms with E-state index < -0.39 is 17.7 Å². The van der Waals surface area contributed by atoms with Crippen LogP contribution in [0.2, 0.25) is 0 Å². The van der Waals surface area contributed by atoms with Crippen molar-refractivity contribution in [2.75, 3.05) is 11.5 Å². The van der Waals surface area contributed by atoms with Crippen LogP contribution in [0.3, 0.4) is 0 Å². The number of nitrogens with two attached hydrogens (primary N) is 1. The van der Waals surface area contributed by atoms with Crippen molar-refractivity contribution in [1.82, 2.24) is 0 Å². The Kier molecular flexibility index (Phi) is 4.92. The molecule has 0 aliphatic carbocycles. The summed E-state index contributed by atoms with van der Waals surface area (Å²) in [6.07, 6.45) is 1.01. The Balaban J connectivity index is 2.23. The molecule has 0 amide bonds. The molecule has 3 unspecified atom stereocenters. The molecule has 1 heterocycles. The highest BCUT2D eigenvalue weighted by atomic mass is 32.2. The molecule has 1 aromatic rings. The monoisotopic (exact) mass is 289 g/mol. The molecule has 0 spiro atoms. The van der Waals surface area contributed by atoms with Gasteiger partial charge in [0.1, 0.15) is 11.6 Å². The van der Waals surface area contributed by atoms with Crippen LogP contribution in [0.15, 0.2) is 18.2 Å². The van der Waals surface area contributed by atoms with Crippen molar-refractivity contribution in [1.29, 1.82) is 0 Å². The van der Waals surface area contributed by atoms with E-state index in [4.69, 9.17) is 5.73 Å². The summed E-state index contributed by atoms with van der Waals surface area (Å²) in [5.41, 5.74) is 6.46. The molecule has 1 aliphatic heterocycles. The van der Waals surface area contributed by atoms with E-state index in [1.165, 1.54) is 6.07 Å². The maximum absolute atomic E-state index is 13.7. The van der Waals surface area contributed by atoms with Gasteiger partial charge in [0, 0.05) is 33.6 Å². The summed E-state index contributed by atoms with van der Waals surface area (Å²) in [6.45, 7) is 2.12. The average Bonchev–Trinajstić information content (AvgIpc) is 2.40. The van der Waals surface area contributed by atoms with E-state index in [0.29, 0.717) is 10.8 Å². The van der Waals surface area contributed by atoms with Crippen LogP contribution in [-0.4, -0.2) is 22.0 Å². The molecule has 3 atom stereocenters. The quantitative estimate of drug-likeness (QED) is 0.921. The van der Waals surface area contributed by atoms with Gasteiger partial charge in [-0.25, -0.2) is 8.78 Å². The molecule has 1 saturated heterocycles. The third-order valence-electron chi connectivity index (χ3n) is 3.17. The van der Waals surface area contributed by atoms with Gasteiger partial charge in [0.2, 0.25) is 0 Å². The van der Waals surface area contributed by atoms with Gasteiger partial charge < -0.3 is 5.73 Å². The molecular formula is C13H17F2NS2. The second-order valence-electron chi connectivity index (χ2n) is 4.34. The average molecular weight is 289 g/mol. The van der Waals surface area contributed by atoms with Crippen molar-refractivity contribution in [3.8, 4) is 0 Å². The fourth-order valence-corrected chi connectivity index (χ4v) is 5.39. The number of hydrogen-bond donors (Lipinski definition) is 1. The summed E-state index contributed by atoms with van der Waals surface area (Å²) in [5.74, 6) is 1.30. The second-order valence-corrected chi connectivity index (χ2v) is 6.98. The zero-order valence-corrected chi connectivity index (χ0v) is 11.9. The van der Waals surface area contributed by atoms with E-state index in [9.17, 15) is 8.78 Å². The first kappa shape index (κ1) is 14.2. The Morgan fingerprint density at radius 3 is 2.78 bits per heavy atom. The van der Waals surface area contributed by atoms with Gasteiger partial charge in [-0.3, -0.25) is 0 Å². The SMILES string of the molecule is CCC1SCCSC1C(N)c1cc(F)ccc1F. The van der Waals surface area contributed by atoms with Gasteiger partial charge in [0.15, 0.2) is 0 Å². The summed E-state index contributed by atoms with van der Waals surface area (Å²) < 4.78 is 27.0. The lowest BCUT2D eigenvalue weighted by atomic mass is 10.0. The Labute approximate surface area is 115 Å². The lowest BCUT2D eigenvalue weighted by Gasteiger charge is -2.34. The Morgan fingerprint density at radius 2 is 2.06 bits per heavy atom. The van der Waals surface area contributed by atoms with Crippen molar-refractivity contribution < 1.29 is 8.78 Å². The van der Waals surface area contributed by atoms with E-state index in [0.717, 1.165) is 30.1 Å². The molecule has 1 fully saturated rings. The maximum Gasteiger partial charge on any atom is 0.128 e. The van der Waals surface area contributed by atoms with Crippen LogP contribution in [0.4, 0.5) is 8.78 Å². The van der Waals surface area contributed by atoms with Crippen LogP contribution >= 0.6 is 23.5 Å². The van der Waals surface area contributed by atoms with E-state index in [1.54, 1.807) is 11.8 Å². The fraction of sp³-hybridized carbons (Fsp3) is 0.538. The molecular weight excluding hydrogens is 272 g/mol. The van der Waals surface area contributed by atoms with Crippen LogP contribution in [0.5, 0.6) is 0 Å². The Morgan fingerprint density at radius 1 is 1.33 bits per heavy atom. The van der Waals surface area contributed by atoms with Gasteiger partial charge in [-0.15, -0.1) is 0 Å². The molecule has 0 saturated carbocycles. The minimum Gasteiger partial charge on any atom is -0.323 e. The molecule has 2 N–H and O–H groups in total. The molecule has 0 radical (unpaired) electrons. The predicted molar refractivity (Wildman–Crippen MR) is 76.1 cm³/mol. The first-order valence-corrected chi connectivity index (χ1v) is 8.17. The first-order valence-electron chi connectivity index (χ1n) is 6.07. The van der Waals surface area contributed by atoms with Crippen LogP contribution in [0, 0.1) is 11.6 Å². The van der Waals surface area contributed by atoms with Crippen LogP contribution in [-0.2, 0) is 0 Å². The van der Waals surface area contributed by atoms with Crippen molar-refractivity contribution in [3.05, 3.63) is 35.4 Å². The summed E-state index contributed by atoms with van der Waals surface area (Å²) in [6, 6.07) is 3.08. The van der Waals surface area contributed by atoms with Crippen LogP contribution in [0.25, 0.3) is 0 Å². The summed E-state index contributed by atoms with van der Waals surface area (Å²) in [7, 11) is 0. The number of hydrogen-bond acceptors (Lipinski definition) is 3. The van der Waals surface area contributed by atoms with Crippen LogP contribution in [0.1, 0.15) is 24.9 Å². The van der Waals surface area contributed by atoms with Gasteiger partial charge in [-0.2, -0.15) is 23.5 Å². The second kappa shape index (κ2) is 6.26. The van der Waals surface area contributed by atoms with Gasteiger partial charge in [0.05, 0.1) is 0 Å². The minimum absolute atomic E-state index is 0.157. The number of halogens is 2. The van der Waals surface area contributed by atoms with Crippen LogP contribution < -0.4 is 5.73 Å². The number of rotatable bonds is 3. The Hall–Kier alpha value is -0.260. The third-order valence-corrected chi connectivity index (χ3v) is 6.54. The summed E-state index contributed by atoms with van der Waals surface area (Å²) in [4.78, 5) is 0. The lowest BCUT2D eigenvalue weighted by Crippen LogP contribution is -2.36. The van der Waals surface area contributed by atoms with Crippen molar-refractivity contribution >= 4 is 23.5 Å². The van der Waals surface area contributed by atoms with Crippen molar-refractivity contribution in [2.24, 2.45) is 5.73 Å². The van der Waals surface area contributed by atoms with E-state index in [2.05, 4.69) is 6.92 Å². The van der Waals surface area contributed by atoms with E-state index in [1.807, 2.05) is 11.8 Å². The number of thioether (sulfide) groups is 2. The predicted octanol–water partition coefficient (Wildman–Crippen LogP) is 3.59. The fourth-order valence-electron chi connectivity index (χ4n) is 2.22. The summed E-state index contributed by atoms with van der Waals surface area (Å²) in [5, 5.41) is 0.575. The molecule has 100 valence electrons. The molecule has 1 aromatic carbocycles. The highest BCUT2D eigenvalue weighted by molar-refractivity contribution is 8.07. The van der Waals surface area contributed by atoms with Crippen molar-refractivity contribution in [2.45, 2.75) is 29.9 Å². The standard InChI is InChI=1S/C13H17F2NS2/c1-2-11-13(18-6-5-17-11)12(16)9-7-8(14)3-4-10(9)15/h3-4,7,11-13H,2,5-6,16H2,1H3. The molecule has 1 aliphatic rings. The molecule has 5 heteroatoms. The molecule has 0 bridgehead atoms.